The molecule has 0 spiro atoms. The molecule has 8 heteroatoms. The second kappa shape index (κ2) is 10.4. The van der Waals surface area contributed by atoms with Gasteiger partial charge >= 0.3 is 0 Å². The quantitative estimate of drug-likeness (QED) is 0.323. The van der Waals surface area contributed by atoms with Gasteiger partial charge in [-0.2, -0.15) is 0 Å². The summed E-state index contributed by atoms with van der Waals surface area (Å²) in [7, 11) is 0. The summed E-state index contributed by atoms with van der Waals surface area (Å²) in [6.45, 7) is 3.14. The Labute approximate surface area is 163 Å². The maximum Gasteiger partial charge on any atom is 0.191 e. The molecule has 1 aromatic carbocycles. The zero-order chi connectivity index (χ0) is 15.9. The first kappa shape index (κ1) is 20.6. The lowest BCUT2D eigenvalue weighted by molar-refractivity contribution is 0.114. The van der Waals surface area contributed by atoms with Gasteiger partial charge in [0.1, 0.15) is 23.5 Å². The summed E-state index contributed by atoms with van der Waals surface area (Å²) < 4.78 is 5.49. The van der Waals surface area contributed by atoms with Crippen molar-refractivity contribution in [1.29, 1.82) is 0 Å². The summed E-state index contributed by atoms with van der Waals surface area (Å²) in [5, 5.41) is 17.2. The summed E-state index contributed by atoms with van der Waals surface area (Å²) in [5.41, 5.74) is 0. The van der Waals surface area contributed by atoms with E-state index in [-0.39, 0.29) is 37.1 Å². The molecule has 1 atom stereocenters. The van der Waals surface area contributed by atoms with Crippen molar-refractivity contribution in [2.24, 2.45) is 4.99 Å². The molecule has 130 valence electrons. The number of nitrogens with one attached hydrogen (secondary N) is 2. The smallest absolute Gasteiger partial charge is 0.191 e. The van der Waals surface area contributed by atoms with Crippen molar-refractivity contribution in [3.8, 4) is 5.75 Å². The second-order valence-corrected chi connectivity index (χ2v) is 5.94. The molecule has 0 aliphatic heterocycles. The molecule has 0 amide bonds. The lowest BCUT2D eigenvalue weighted by Gasteiger charge is -2.14. The van der Waals surface area contributed by atoms with E-state index in [1.807, 2.05) is 6.92 Å². The van der Waals surface area contributed by atoms with Crippen LogP contribution in [0.2, 0.25) is 10.0 Å². The van der Waals surface area contributed by atoms with Gasteiger partial charge in [-0.1, -0.05) is 29.3 Å². The van der Waals surface area contributed by atoms with E-state index < -0.39 is 6.10 Å². The molecule has 3 N–H and O–H groups in total. The number of hydrogen-bond acceptors (Lipinski definition) is 3. The molecule has 1 aliphatic carbocycles. The van der Waals surface area contributed by atoms with E-state index >= 15 is 0 Å². The number of aliphatic hydroxyl groups is 1. The van der Waals surface area contributed by atoms with E-state index in [2.05, 4.69) is 15.6 Å². The standard InChI is InChI=1S/C15H21Cl2N3O2.HI/c1-2-18-15(20-10-6-7-10)19-8-11(21)9-22-13-5-3-4-12(16)14(13)17;/h3-5,10-11,21H,2,6-9H2,1H3,(H2,18,19,20);1H. The first-order valence-electron chi connectivity index (χ1n) is 7.40. The molecule has 1 aliphatic rings. The van der Waals surface area contributed by atoms with Crippen LogP contribution in [0.1, 0.15) is 19.8 Å². The van der Waals surface area contributed by atoms with Gasteiger partial charge in [0.25, 0.3) is 0 Å². The van der Waals surface area contributed by atoms with E-state index in [1.54, 1.807) is 18.2 Å². The Morgan fingerprint density at radius 2 is 2.17 bits per heavy atom. The highest BCUT2D eigenvalue weighted by molar-refractivity contribution is 14.0. The van der Waals surface area contributed by atoms with Crippen LogP contribution in [0.25, 0.3) is 0 Å². The topological polar surface area (TPSA) is 65.9 Å². The van der Waals surface area contributed by atoms with Crippen LogP contribution in [0.3, 0.4) is 0 Å². The van der Waals surface area contributed by atoms with Crippen molar-refractivity contribution in [1.82, 2.24) is 10.6 Å². The minimum Gasteiger partial charge on any atom is -0.489 e. The van der Waals surface area contributed by atoms with Gasteiger partial charge in [0.15, 0.2) is 5.96 Å². The summed E-state index contributed by atoms with van der Waals surface area (Å²) in [6, 6.07) is 5.65. The van der Waals surface area contributed by atoms with Crippen molar-refractivity contribution in [2.75, 3.05) is 19.7 Å². The average Bonchev–Trinajstić information content (AvgIpc) is 3.30. The minimum atomic E-state index is -0.718. The maximum absolute atomic E-state index is 9.97. The minimum absolute atomic E-state index is 0. The molecule has 1 fully saturated rings. The number of guanidine groups is 1. The van der Waals surface area contributed by atoms with Gasteiger partial charge in [-0.3, -0.25) is 4.99 Å². The van der Waals surface area contributed by atoms with E-state index in [9.17, 15) is 5.11 Å². The van der Waals surface area contributed by atoms with Gasteiger partial charge in [0.2, 0.25) is 0 Å². The highest BCUT2D eigenvalue weighted by Crippen LogP contribution is 2.31. The Morgan fingerprint density at radius 1 is 1.43 bits per heavy atom. The molecule has 1 unspecified atom stereocenters. The van der Waals surface area contributed by atoms with Crippen LogP contribution in [-0.2, 0) is 0 Å². The molecular weight excluding hydrogens is 452 g/mol. The molecule has 0 bridgehead atoms. The van der Waals surface area contributed by atoms with Gasteiger partial charge in [-0.15, -0.1) is 24.0 Å². The van der Waals surface area contributed by atoms with Crippen LogP contribution in [0.5, 0.6) is 5.75 Å². The number of halogens is 3. The van der Waals surface area contributed by atoms with Gasteiger partial charge in [-0.05, 0) is 31.9 Å². The highest BCUT2D eigenvalue weighted by Gasteiger charge is 2.22. The summed E-state index contributed by atoms with van der Waals surface area (Å²) in [4.78, 5) is 4.35. The van der Waals surface area contributed by atoms with E-state index in [0.29, 0.717) is 21.8 Å². The lowest BCUT2D eigenvalue weighted by Crippen LogP contribution is -2.39. The Bertz CT molecular complexity index is 527. The third kappa shape index (κ3) is 7.32. The van der Waals surface area contributed by atoms with Gasteiger partial charge < -0.3 is 20.5 Å². The zero-order valence-electron chi connectivity index (χ0n) is 12.9. The number of aliphatic hydroxyl groups excluding tert-OH is 1. The number of benzene rings is 1. The largest absolute Gasteiger partial charge is 0.489 e. The van der Waals surface area contributed by atoms with Crippen LogP contribution in [0, 0.1) is 0 Å². The molecular formula is C15H22Cl2IN3O2. The summed E-state index contributed by atoms with van der Waals surface area (Å²) in [5.74, 6) is 1.19. The fraction of sp³-hybridized carbons (Fsp3) is 0.533. The third-order valence-corrected chi connectivity index (χ3v) is 3.87. The molecule has 5 nitrogen and oxygen atoms in total. The van der Waals surface area contributed by atoms with E-state index in [0.717, 1.165) is 12.5 Å². The van der Waals surface area contributed by atoms with Crippen LogP contribution in [0.4, 0.5) is 0 Å². The first-order valence-corrected chi connectivity index (χ1v) is 8.15. The Hall–Kier alpha value is -0.440. The van der Waals surface area contributed by atoms with Crippen LogP contribution < -0.4 is 15.4 Å². The number of rotatable bonds is 7. The Balaban J connectivity index is 0.00000264. The summed E-state index contributed by atoms with van der Waals surface area (Å²) >= 11 is 11.9. The average molecular weight is 474 g/mol. The number of hydrogen-bond donors (Lipinski definition) is 3. The van der Waals surface area contributed by atoms with Crippen molar-refractivity contribution < 1.29 is 9.84 Å². The maximum atomic E-state index is 9.97. The fourth-order valence-corrected chi connectivity index (χ4v) is 2.12. The zero-order valence-corrected chi connectivity index (χ0v) is 16.7. The first-order chi connectivity index (χ1) is 10.6. The van der Waals surface area contributed by atoms with Crippen LogP contribution in [0.15, 0.2) is 23.2 Å². The monoisotopic (exact) mass is 473 g/mol. The molecule has 23 heavy (non-hydrogen) atoms. The number of ether oxygens (including phenoxy) is 1. The van der Waals surface area contributed by atoms with Crippen molar-refractivity contribution in [3.63, 3.8) is 0 Å². The Morgan fingerprint density at radius 3 is 2.83 bits per heavy atom. The van der Waals surface area contributed by atoms with Gasteiger partial charge in [0.05, 0.1) is 11.6 Å². The number of nitrogens with zero attached hydrogens (tertiary/aromatic N) is 1. The van der Waals surface area contributed by atoms with Crippen LogP contribution in [-0.4, -0.2) is 42.9 Å². The molecule has 0 aromatic heterocycles. The van der Waals surface area contributed by atoms with Gasteiger partial charge in [0, 0.05) is 12.6 Å². The van der Waals surface area contributed by atoms with E-state index in [4.69, 9.17) is 27.9 Å². The predicted molar refractivity (Wildman–Crippen MR) is 106 cm³/mol. The summed E-state index contributed by atoms with van der Waals surface area (Å²) in [6.07, 6.45) is 1.62. The SMILES string of the molecule is CCNC(=NCC(O)COc1cccc(Cl)c1Cl)NC1CC1.I. The highest BCUT2D eigenvalue weighted by atomic mass is 127. The lowest BCUT2D eigenvalue weighted by atomic mass is 10.3. The van der Waals surface area contributed by atoms with Gasteiger partial charge in [-0.25, -0.2) is 0 Å². The molecule has 2 rings (SSSR count). The van der Waals surface area contributed by atoms with Crippen molar-refractivity contribution in [2.45, 2.75) is 31.9 Å². The second-order valence-electron chi connectivity index (χ2n) is 5.16. The molecule has 1 saturated carbocycles. The van der Waals surface area contributed by atoms with E-state index in [1.165, 1.54) is 12.8 Å². The molecule has 0 saturated heterocycles. The predicted octanol–water partition coefficient (Wildman–Crippen LogP) is 3.07. The number of aliphatic imine (C=N–C) groups is 1. The van der Waals surface area contributed by atoms with Crippen molar-refractivity contribution in [3.05, 3.63) is 28.2 Å². The third-order valence-electron chi connectivity index (χ3n) is 3.07. The molecule has 0 heterocycles. The molecule has 0 radical (unpaired) electrons. The Kier molecular flexibility index (Phi) is 9.34. The van der Waals surface area contributed by atoms with Crippen LogP contribution >= 0.6 is 47.2 Å². The molecule has 1 aromatic rings. The fourth-order valence-electron chi connectivity index (χ4n) is 1.77. The normalized spacial score (nSPS) is 15.6. The van der Waals surface area contributed by atoms with Crippen molar-refractivity contribution >= 4 is 53.1 Å².